The Kier molecular flexibility index (Phi) is 5.39. The molecule has 2 aromatic carbocycles. The predicted molar refractivity (Wildman–Crippen MR) is 111 cm³/mol. The van der Waals surface area contributed by atoms with Crippen LogP contribution in [0.4, 0.5) is 5.69 Å². The van der Waals surface area contributed by atoms with Crippen LogP contribution in [0.15, 0.2) is 42.6 Å². The molecule has 1 aliphatic heterocycles. The molecule has 2 heterocycles. The van der Waals surface area contributed by atoms with E-state index in [0.29, 0.717) is 10.0 Å². The lowest BCUT2D eigenvalue weighted by molar-refractivity contribution is 0.123. The molecule has 140 valence electrons. The minimum absolute atomic E-state index is 0.565. The van der Waals surface area contributed by atoms with Gasteiger partial charge in [0.25, 0.3) is 0 Å². The summed E-state index contributed by atoms with van der Waals surface area (Å²) in [6.07, 6.45) is 2.69. The average molecular weight is 403 g/mol. The molecule has 27 heavy (non-hydrogen) atoms. The summed E-state index contributed by atoms with van der Waals surface area (Å²) in [6, 6.07) is 11.8. The second kappa shape index (κ2) is 7.93. The summed E-state index contributed by atoms with van der Waals surface area (Å²) in [4.78, 5) is 7.05. The molecule has 4 nitrogen and oxygen atoms in total. The molecule has 1 fully saturated rings. The van der Waals surface area contributed by atoms with E-state index in [4.69, 9.17) is 32.7 Å². The molecule has 1 aliphatic rings. The van der Waals surface area contributed by atoms with E-state index < -0.39 is 0 Å². The van der Waals surface area contributed by atoms with Crippen LogP contribution >= 0.6 is 23.2 Å². The van der Waals surface area contributed by atoms with Crippen molar-refractivity contribution in [2.75, 3.05) is 38.3 Å². The van der Waals surface area contributed by atoms with Crippen LogP contribution in [0, 0.1) is 0 Å². The summed E-state index contributed by atoms with van der Waals surface area (Å²) < 4.78 is 11.0. The van der Waals surface area contributed by atoms with Crippen LogP contribution < -0.4 is 9.64 Å². The van der Waals surface area contributed by atoms with Gasteiger partial charge in [0, 0.05) is 31.1 Å². The van der Waals surface area contributed by atoms with Crippen molar-refractivity contribution in [1.29, 1.82) is 0 Å². The van der Waals surface area contributed by atoms with E-state index in [1.807, 2.05) is 36.5 Å². The molecule has 0 unspecified atom stereocenters. The maximum atomic E-state index is 6.21. The lowest BCUT2D eigenvalue weighted by Gasteiger charge is -2.31. The molecule has 0 N–H and O–H groups in total. The molecule has 1 aromatic heterocycles. The number of hydrogen-bond acceptors (Lipinski definition) is 4. The minimum atomic E-state index is 0.565. The second-order valence-corrected chi connectivity index (χ2v) is 7.35. The number of morpholine rings is 1. The van der Waals surface area contributed by atoms with Gasteiger partial charge in [0.05, 0.1) is 41.6 Å². The Hall–Kier alpha value is -2.01. The lowest BCUT2D eigenvalue weighted by Crippen LogP contribution is -2.37. The van der Waals surface area contributed by atoms with Crippen LogP contribution in [0.5, 0.6) is 5.75 Å². The number of halogens is 2. The topological polar surface area (TPSA) is 34.6 Å². The highest BCUT2D eigenvalue weighted by Gasteiger charge is 2.19. The van der Waals surface area contributed by atoms with Gasteiger partial charge in [0.15, 0.2) is 0 Å². The van der Waals surface area contributed by atoms with Gasteiger partial charge < -0.3 is 14.4 Å². The zero-order valence-corrected chi connectivity index (χ0v) is 16.6. The van der Waals surface area contributed by atoms with Crippen molar-refractivity contribution in [2.45, 2.75) is 6.42 Å². The van der Waals surface area contributed by atoms with Crippen LogP contribution in [-0.4, -0.2) is 38.4 Å². The van der Waals surface area contributed by atoms with Gasteiger partial charge in [-0.25, -0.2) is 0 Å². The van der Waals surface area contributed by atoms with E-state index in [-0.39, 0.29) is 0 Å². The number of hydrogen-bond donors (Lipinski definition) is 0. The Morgan fingerprint density at radius 2 is 1.89 bits per heavy atom. The van der Waals surface area contributed by atoms with Gasteiger partial charge in [-0.2, -0.15) is 0 Å². The SMILES string of the molecule is COc1ccc2ncc(Cc3ccc(Cl)c(Cl)c3)c(N3CCOCC3)c2c1. The van der Waals surface area contributed by atoms with Crippen molar-refractivity contribution in [3.63, 3.8) is 0 Å². The molecular formula is C21H20Cl2N2O2. The highest BCUT2D eigenvalue weighted by Crippen LogP contribution is 2.34. The van der Waals surface area contributed by atoms with Gasteiger partial charge in [-0.1, -0.05) is 29.3 Å². The number of nitrogens with zero attached hydrogens (tertiary/aromatic N) is 2. The first kappa shape index (κ1) is 18.4. The molecule has 0 bridgehead atoms. The number of benzene rings is 2. The van der Waals surface area contributed by atoms with Crippen molar-refractivity contribution in [1.82, 2.24) is 4.98 Å². The molecule has 6 heteroatoms. The molecule has 4 rings (SSSR count). The molecule has 0 spiro atoms. The first-order valence-electron chi connectivity index (χ1n) is 8.88. The fourth-order valence-corrected chi connectivity index (χ4v) is 3.81. The third-order valence-corrected chi connectivity index (χ3v) is 5.57. The first-order chi connectivity index (χ1) is 13.2. The quantitative estimate of drug-likeness (QED) is 0.616. The van der Waals surface area contributed by atoms with Crippen LogP contribution in [0.2, 0.25) is 10.0 Å². The number of fused-ring (bicyclic) bond motifs is 1. The molecule has 1 saturated heterocycles. The van der Waals surface area contributed by atoms with Crippen LogP contribution in [-0.2, 0) is 11.2 Å². The fraction of sp³-hybridized carbons (Fsp3) is 0.286. The second-order valence-electron chi connectivity index (χ2n) is 6.54. The van der Waals surface area contributed by atoms with Crippen molar-refractivity contribution in [3.05, 3.63) is 63.8 Å². The zero-order chi connectivity index (χ0) is 18.8. The molecule has 0 aliphatic carbocycles. The standard InChI is InChI=1S/C21H20Cl2N2O2/c1-26-16-3-5-20-17(12-16)21(25-6-8-27-9-7-25)15(13-24-20)10-14-2-4-18(22)19(23)11-14/h2-5,11-13H,6-10H2,1H3. The maximum absolute atomic E-state index is 6.21. The minimum Gasteiger partial charge on any atom is -0.497 e. The van der Waals surface area contributed by atoms with Crippen molar-refractivity contribution >= 4 is 39.8 Å². The Bertz CT molecular complexity index is 972. The summed E-state index contributed by atoms with van der Waals surface area (Å²) in [5, 5.41) is 2.22. The van der Waals surface area contributed by atoms with Gasteiger partial charge >= 0.3 is 0 Å². The number of rotatable bonds is 4. The smallest absolute Gasteiger partial charge is 0.119 e. The Morgan fingerprint density at radius 1 is 1.07 bits per heavy atom. The van der Waals surface area contributed by atoms with Crippen molar-refractivity contribution < 1.29 is 9.47 Å². The number of anilines is 1. The largest absolute Gasteiger partial charge is 0.497 e. The monoisotopic (exact) mass is 402 g/mol. The number of methoxy groups -OCH3 is 1. The number of ether oxygens (including phenoxy) is 2. The van der Waals surface area contributed by atoms with Crippen LogP contribution in [0.3, 0.4) is 0 Å². The Balaban J connectivity index is 1.83. The predicted octanol–water partition coefficient (Wildman–Crippen LogP) is 4.98. The first-order valence-corrected chi connectivity index (χ1v) is 9.63. The molecule has 0 amide bonds. The molecule has 0 atom stereocenters. The third-order valence-electron chi connectivity index (χ3n) is 4.83. The summed E-state index contributed by atoms with van der Waals surface area (Å²) in [5.74, 6) is 0.825. The van der Waals surface area contributed by atoms with Gasteiger partial charge in [-0.05, 0) is 41.5 Å². The Labute approximate surface area is 168 Å². The highest BCUT2D eigenvalue weighted by molar-refractivity contribution is 6.42. The van der Waals surface area contributed by atoms with Crippen molar-refractivity contribution in [3.8, 4) is 5.75 Å². The van der Waals surface area contributed by atoms with E-state index in [1.165, 1.54) is 5.69 Å². The number of aromatic nitrogens is 1. The highest BCUT2D eigenvalue weighted by atomic mass is 35.5. The maximum Gasteiger partial charge on any atom is 0.119 e. The zero-order valence-electron chi connectivity index (χ0n) is 15.0. The normalized spacial score (nSPS) is 14.6. The fourth-order valence-electron chi connectivity index (χ4n) is 3.49. The Morgan fingerprint density at radius 3 is 2.63 bits per heavy atom. The third kappa shape index (κ3) is 3.84. The lowest BCUT2D eigenvalue weighted by atomic mass is 10.0. The van der Waals surface area contributed by atoms with E-state index >= 15 is 0 Å². The summed E-state index contributed by atoms with van der Waals surface area (Å²) >= 11 is 12.3. The molecule has 0 radical (unpaired) electrons. The van der Waals surface area contributed by atoms with Gasteiger partial charge in [0.1, 0.15) is 5.75 Å². The summed E-state index contributed by atoms with van der Waals surface area (Å²) in [6.45, 7) is 3.15. The summed E-state index contributed by atoms with van der Waals surface area (Å²) in [5.41, 5.74) is 4.39. The van der Waals surface area contributed by atoms with Gasteiger partial charge in [0.2, 0.25) is 0 Å². The number of pyridine rings is 1. The summed E-state index contributed by atoms with van der Waals surface area (Å²) in [7, 11) is 1.68. The average Bonchev–Trinajstić information content (AvgIpc) is 2.70. The van der Waals surface area contributed by atoms with E-state index in [9.17, 15) is 0 Å². The van der Waals surface area contributed by atoms with Gasteiger partial charge in [-0.3, -0.25) is 4.98 Å². The van der Waals surface area contributed by atoms with E-state index in [0.717, 1.165) is 60.5 Å². The van der Waals surface area contributed by atoms with Crippen molar-refractivity contribution in [2.24, 2.45) is 0 Å². The molecule has 0 saturated carbocycles. The molecule has 3 aromatic rings. The molecular weight excluding hydrogens is 383 g/mol. The van der Waals surface area contributed by atoms with E-state index in [1.54, 1.807) is 7.11 Å². The van der Waals surface area contributed by atoms with Gasteiger partial charge in [-0.15, -0.1) is 0 Å². The van der Waals surface area contributed by atoms with Crippen LogP contribution in [0.25, 0.3) is 10.9 Å². The van der Waals surface area contributed by atoms with Crippen LogP contribution in [0.1, 0.15) is 11.1 Å². The van der Waals surface area contributed by atoms with E-state index in [2.05, 4.69) is 16.0 Å².